The maximum Gasteiger partial charge on any atom is 0.420 e. The molecule has 6 heteroatoms. The van der Waals surface area contributed by atoms with Gasteiger partial charge in [0.25, 0.3) is 0 Å². The number of rotatable bonds is 8. The minimum atomic E-state index is -4.63. The number of hydrogen-bond acceptors (Lipinski definition) is 2. The number of halogens is 3. The molecule has 184 valence electrons. The van der Waals surface area contributed by atoms with Crippen LogP contribution in [0.25, 0.3) is 0 Å². The third kappa shape index (κ3) is 5.60. The summed E-state index contributed by atoms with van der Waals surface area (Å²) in [7, 11) is 1.18. The summed E-state index contributed by atoms with van der Waals surface area (Å²) in [6, 6.07) is 32.2. The van der Waals surface area contributed by atoms with Crippen LogP contribution < -0.4 is 10.1 Å². The molecule has 4 aromatic rings. The standard InChI is InChI=1S/C30H26F3NO2/c1-36-27-18-17-25(19-26(27)30(31,32)33)34-28(35)29(24-15-9-4-10-16-24,20-22-11-5-2-6-12-22)21-23-13-7-3-8-14-23/h2-19H,20-21H2,1H3,(H,34,35). The van der Waals surface area contributed by atoms with E-state index in [1.807, 2.05) is 91.0 Å². The van der Waals surface area contributed by atoms with Gasteiger partial charge in [0.15, 0.2) is 0 Å². The second-order valence-corrected chi connectivity index (χ2v) is 8.64. The molecule has 4 rings (SSSR count). The average molecular weight is 490 g/mol. The largest absolute Gasteiger partial charge is 0.496 e. The number of carbonyl (C=O) groups is 1. The van der Waals surface area contributed by atoms with Gasteiger partial charge in [-0.15, -0.1) is 0 Å². The van der Waals surface area contributed by atoms with E-state index in [1.54, 1.807) is 0 Å². The van der Waals surface area contributed by atoms with Crippen LogP contribution in [0.15, 0.2) is 109 Å². The van der Waals surface area contributed by atoms with E-state index < -0.39 is 17.2 Å². The Labute approximate surface area is 208 Å². The fourth-order valence-corrected chi connectivity index (χ4v) is 4.46. The summed E-state index contributed by atoms with van der Waals surface area (Å²) < 4.78 is 45.8. The highest BCUT2D eigenvalue weighted by Gasteiger charge is 2.41. The lowest BCUT2D eigenvalue weighted by molar-refractivity contribution is -0.138. The van der Waals surface area contributed by atoms with Crippen LogP contribution in [0.2, 0.25) is 0 Å². The highest BCUT2D eigenvalue weighted by molar-refractivity contribution is 6.00. The van der Waals surface area contributed by atoms with Crippen molar-refractivity contribution in [2.45, 2.75) is 24.4 Å². The van der Waals surface area contributed by atoms with E-state index in [0.717, 1.165) is 22.8 Å². The Morgan fingerprint density at radius 3 is 1.72 bits per heavy atom. The van der Waals surface area contributed by atoms with Crippen LogP contribution in [0.5, 0.6) is 5.75 Å². The van der Waals surface area contributed by atoms with Crippen molar-refractivity contribution in [2.75, 3.05) is 12.4 Å². The molecule has 0 atom stereocenters. The molecule has 0 saturated carbocycles. The molecule has 1 amide bonds. The van der Waals surface area contributed by atoms with Crippen molar-refractivity contribution in [1.29, 1.82) is 0 Å². The van der Waals surface area contributed by atoms with E-state index in [2.05, 4.69) is 5.32 Å². The third-order valence-electron chi connectivity index (χ3n) is 6.22. The number of nitrogens with one attached hydrogen (secondary N) is 1. The topological polar surface area (TPSA) is 38.3 Å². The molecule has 0 fully saturated rings. The van der Waals surface area contributed by atoms with Gasteiger partial charge in [-0.1, -0.05) is 91.0 Å². The Hall–Kier alpha value is -4.06. The number of alkyl halides is 3. The number of carbonyl (C=O) groups excluding carboxylic acids is 1. The lowest BCUT2D eigenvalue weighted by Gasteiger charge is -2.34. The van der Waals surface area contributed by atoms with Gasteiger partial charge in [-0.2, -0.15) is 13.2 Å². The molecule has 0 aliphatic carbocycles. The van der Waals surface area contributed by atoms with Crippen LogP contribution in [0.3, 0.4) is 0 Å². The lowest BCUT2D eigenvalue weighted by atomic mass is 9.70. The van der Waals surface area contributed by atoms with E-state index in [0.29, 0.717) is 12.8 Å². The normalized spacial score (nSPS) is 11.7. The van der Waals surface area contributed by atoms with Crippen molar-refractivity contribution < 1.29 is 22.7 Å². The van der Waals surface area contributed by atoms with E-state index in [9.17, 15) is 18.0 Å². The van der Waals surface area contributed by atoms with Gasteiger partial charge in [-0.3, -0.25) is 4.79 Å². The van der Waals surface area contributed by atoms with E-state index >= 15 is 0 Å². The van der Waals surface area contributed by atoms with Gasteiger partial charge in [0.2, 0.25) is 5.91 Å². The molecule has 4 aromatic carbocycles. The maximum absolute atomic E-state index is 14.1. The molecular formula is C30H26F3NO2. The zero-order valence-corrected chi connectivity index (χ0v) is 19.8. The zero-order valence-electron chi connectivity index (χ0n) is 19.8. The fourth-order valence-electron chi connectivity index (χ4n) is 4.46. The monoisotopic (exact) mass is 489 g/mol. The molecule has 0 aromatic heterocycles. The van der Waals surface area contributed by atoms with Crippen LogP contribution in [-0.4, -0.2) is 13.0 Å². The van der Waals surface area contributed by atoms with E-state index in [-0.39, 0.29) is 17.3 Å². The molecule has 0 bridgehead atoms. The van der Waals surface area contributed by atoms with Crippen molar-refractivity contribution in [3.8, 4) is 5.75 Å². The van der Waals surface area contributed by atoms with E-state index in [1.165, 1.54) is 19.2 Å². The SMILES string of the molecule is COc1ccc(NC(=O)C(Cc2ccccc2)(Cc2ccccc2)c2ccccc2)cc1C(F)(F)F. The molecule has 0 unspecified atom stereocenters. The summed E-state index contributed by atoms with van der Waals surface area (Å²) in [5.41, 5.74) is 0.687. The first-order valence-corrected chi connectivity index (χ1v) is 11.5. The number of amides is 1. The second-order valence-electron chi connectivity index (χ2n) is 8.64. The molecule has 36 heavy (non-hydrogen) atoms. The highest BCUT2D eigenvalue weighted by atomic mass is 19.4. The predicted octanol–water partition coefficient (Wildman–Crippen LogP) is 7.08. The summed E-state index contributed by atoms with van der Waals surface area (Å²) in [4.78, 5) is 14.1. The van der Waals surface area contributed by atoms with E-state index in [4.69, 9.17) is 4.74 Å². The van der Waals surface area contributed by atoms with Gasteiger partial charge in [0.1, 0.15) is 5.75 Å². The summed E-state index contributed by atoms with van der Waals surface area (Å²) in [5.74, 6) is -0.692. The molecule has 0 radical (unpaired) electrons. The van der Waals surface area contributed by atoms with Crippen LogP contribution in [-0.2, 0) is 29.2 Å². The Morgan fingerprint density at radius 2 is 1.25 bits per heavy atom. The smallest absolute Gasteiger partial charge is 0.420 e. The molecule has 0 aliphatic heterocycles. The highest BCUT2D eigenvalue weighted by Crippen LogP contribution is 2.39. The summed E-state index contributed by atoms with van der Waals surface area (Å²) in [6.07, 6.45) is -3.90. The quantitative estimate of drug-likeness (QED) is 0.287. The van der Waals surface area contributed by atoms with Gasteiger partial charge in [0.05, 0.1) is 18.1 Å². The average Bonchev–Trinajstić information content (AvgIpc) is 2.89. The van der Waals surface area contributed by atoms with Crippen LogP contribution >= 0.6 is 0 Å². The van der Waals surface area contributed by atoms with Crippen molar-refractivity contribution in [2.24, 2.45) is 0 Å². The minimum absolute atomic E-state index is 0.0505. The Balaban J connectivity index is 1.82. The molecule has 0 spiro atoms. The summed E-state index contributed by atoms with van der Waals surface area (Å²) in [6.45, 7) is 0. The molecule has 0 heterocycles. The second kappa shape index (κ2) is 10.7. The Bertz CT molecular complexity index is 1250. The first kappa shape index (κ1) is 25.0. The van der Waals surface area contributed by atoms with Crippen molar-refractivity contribution in [3.63, 3.8) is 0 Å². The number of benzene rings is 4. The maximum atomic E-state index is 14.1. The lowest BCUT2D eigenvalue weighted by Crippen LogP contribution is -2.44. The van der Waals surface area contributed by atoms with Crippen molar-refractivity contribution in [3.05, 3.63) is 131 Å². The van der Waals surface area contributed by atoms with Gasteiger partial charge >= 0.3 is 6.18 Å². The van der Waals surface area contributed by atoms with Crippen molar-refractivity contribution >= 4 is 11.6 Å². The Kier molecular flexibility index (Phi) is 7.44. The van der Waals surface area contributed by atoms with Gasteiger partial charge in [0, 0.05) is 5.69 Å². The molecule has 1 N–H and O–H groups in total. The molecular weight excluding hydrogens is 463 g/mol. The summed E-state index contributed by atoms with van der Waals surface area (Å²) in [5, 5.41) is 2.79. The van der Waals surface area contributed by atoms with Gasteiger partial charge < -0.3 is 10.1 Å². The number of methoxy groups -OCH3 is 1. The number of ether oxygens (including phenoxy) is 1. The van der Waals surface area contributed by atoms with Crippen LogP contribution in [0, 0.1) is 0 Å². The van der Waals surface area contributed by atoms with Gasteiger partial charge in [-0.25, -0.2) is 0 Å². The predicted molar refractivity (Wildman–Crippen MR) is 135 cm³/mol. The third-order valence-corrected chi connectivity index (χ3v) is 6.22. The summed E-state index contributed by atoms with van der Waals surface area (Å²) >= 11 is 0. The molecule has 3 nitrogen and oxygen atoms in total. The Morgan fingerprint density at radius 1 is 0.750 bits per heavy atom. The molecule has 0 saturated heterocycles. The minimum Gasteiger partial charge on any atom is -0.496 e. The number of anilines is 1. The first-order valence-electron chi connectivity index (χ1n) is 11.5. The molecule has 0 aliphatic rings. The zero-order chi connectivity index (χ0) is 25.6. The fraction of sp³-hybridized carbons (Fsp3) is 0.167. The van der Waals surface area contributed by atoms with Gasteiger partial charge in [-0.05, 0) is 47.7 Å². The van der Waals surface area contributed by atoms with Crippen molar-refractivity contribution in [1.82, 2.24) is 0 Å². The number of hydrogen-bond donors (Lipinski definition) is 1. The van der Waals surface area contributed by atoms with Crippen LogP contribution in [0.4, 0.5) is 18.9 Å². The first-order chi connectivity index (χ1) is 17.3. The van der Waals surface area contributed by atoms with Crippen LogP contribution in [0.1, 0.15) is 22.3 Å².